The van der Waals surface area contributed by atoms with Gasteiger partial charge in [-0.2, -0.15) is 0 Å². The first-order chi connectivity index (χ1) is 12.6. The molecule has 0 aliphatic carbocycles. The molecule has 1 N–H and O–H groups in total. The highest BCUT2D eigenvalue weighted by Gasteiger charge is 2.32. The Morgan fingerprint density at radius 3 is 2.54 bits per heavy atom. The van der Waals surface area contributed by atoms with Crippen LogP contribution in [0.2, 0.25) is 5.02 Å². The van der Waals surface area contributed by atoms with Gasteiger partial charge in [0.15, 0.2) is 6.17 Å². The molecule has 2 aromatic carbocycles. The highest BCUT2D eigenvalue weighted by atomic mass is 35.5. The van der Waals surface area contributed by atoms with E-state index in [9.17, 15) is 4.79 Å². The Hall–Kier alpha value is -2.21. The quantitative estimate of drug-likeness (QED) is 0.886. The SMILES string of the molecule is CN1CCN(C2N=C(c3ccccc3)c3cc(Cl)ccc3NC2=O)CC1. The molecule has 2 aliphatic rings. The number of hydrogen-bond donors (Lipinski definition) is 1. The average molecular weight is 369 g/mol. The topological polar surface area (TPSA) is 47.9 Å². The van der Waals surface area contributed by atoms with Gasteiger partial charge in [0, 0.05) is 42.3 Å². The number of benzene rings is 2. The van der Waals surface area contributed by atoms with Crippen LogP contribution < -0.4 is 5.32 Å². The molecule has 26 heavy (non-hydrogen) atoms. The Balaban J connectivity index is 1.80. The Labute approximate surface area is 158 Å². The number of carbonyl (C=O) groups excluding carboxylic acids is 1. The van der Waals surface area contributed by atoms with Crippen LogP contribution in [0.3, 0.4) is 0 Å². The van der Waals surface area contributed by atoms with Crippen molar-refractivity contribution in [1.29, 1.82) is 0 Å². The van der Waals surface area contributed by atoms with E-state index in [1.54, 1.807) is 6.07 Å². The zero-order chi connectivity index (χ0) is 18.1. The number of nitrogens with one attached hydrogen (secondary N) is 1. The molecule has 0 spiro atoms. The van der Waals surface area contributed by atoms with Gasteiger partial charge in [-0.3, -0.25) is 14.7 Å². The molecule has 1 unspecified atom stereocenters. The van der Waals surface area contributed by atoms with Gasteiger partial charge in [0.1, 0.15) is 0 Å². The maximum Gasteiger partial charge on any atom is 0.264 e. The largest absolute Gasteiger partial charge is 0.322 e. The normalized spacial score (nSPS) is 21.5. The molecule has 2 aromatic rings. The zero-order valence-corrected chi connectivity index (χ0v) is 15.4. The standard InChI is InChI=1S/C20H21ClN4O/c1-24-9-11-25(12-10-24)19-20(26)22-17-8-7-15(21)13-16(17)18(23-19)14-5-3-2-4-6-14/h2-8,13,19H,9-12H2,1H3,(H,22,26). The van der Waals surface area contributed by atoms with E-state index in [0.29, 0.717) is 5.02 Å². The number of carbonyl (C=O) groups is 1. The number of anilines is 1. The van der Waals surface area contributed by atoms with Crippen molar-refractivity contribution in [3.05, 3.63) is 64.7 Å². The Bertz CT molecular complexity index is 844. The van der Waals surface area contributed by atoms with E-state index in [4.69, 9.17) is 16.6 Å². The van der Waals surface area contributed by atoms with Crippen LogP contribution in [0, 0.1) is 0 Å². The van der Waals surface area contributed by atoms with Gasteiger partial charge in [-0.05, 0) is 25.2 Å². The zero-order valence-electron chi connectivity index (χ0n) is 14.7. The number of rotatable bonds is 2. The molecule has 0 aromatic heterocycles. The van der Waals surface area contributed by atoms with E-state index in [0.717, 1.165) is 48.7 Å². The summed E-state index contributed by atoms with van der Waals surface area (Å²) in [4.78, 5) is 22.2. The molecule has 2 aliphatic heterocycles. The van der Waals surface area contributed by atoms with Gasteiger partial charge in [-0.15, -0.1) is 0 Å². The molecule has 0 saturated carbocycles. The highest BCUT2D eigenvalue weighted by molar-refractivity contribution is 6.32. The van der Waals surface area contributed by atoms with Crippen LogP contribution in [0.4, 0.5) is 5.69 Å². The summed E-state index contributed by atoms with van der Waals surface area (Å²) >= 11 is 6.24. The number of halogens is 1. The second-order valence-corrected chi connectivity index (χ2v) is 7.17. The van der Waals surface area contributed by atoms with E-state index < -0.39 is 6.17 Å². The van der Waals surface area contributed by atoms with E-state index in [2.05, 4.69) is 22.2 Å². The molecule has 1 fully saturated rings. The van der Waals surface area contributed by atoms with Crippen LogP contribution in [0.1, 0.15) is 11.1 Å². The van der Waals surface area contributed by atoms with Crippen LogP contribution in [-0.4, -0.2) is 60.8 Å². The fraction of sp³-hybridized carbons (Fsp3) is 0.300. The molecule has 2 heterocycles. The lowest BCUT2D eigenvalue weighted by Gasteiger charge is -2.35. The van der Waals surface area contributed by atoms with Crippen molar-refractivity contribution in [3.63, 3.8) is 0 Å². The number of benzodiazepines with no additional fused rings is 1. The predicted molar refractivity (Wildman–Crippen MR) is 105 cm³/mol. The summed E-state index contributed by atoms with van der Waals surface area (Å²) in [5.41, 5.74) is 3.38. The Kier molecular flexibility index (Phi) is 4.76. The van der Waals surface area contributed by atoms with Crippen molar-refractivity contribution in [2.75, 3.05) is 38.5 Å². The first-order valence-electron chi connectivity index (χ1n) is 8.78. The third-order valence-corrected chi connectivity index (χ3v) is 5.15. The lowest BCUT2D eigenvalue weighted by molar-refractivity contribution is -0.121. The van der Waals surface area contributed by atoms with Crippen LogP contribution in [0.25, 0.3) is 0 Å². The molecular formula is C20H21ClN4O. The molecule has 5 nitrogen and oxygen atoms in total. The molecule has 0 radical (unpaired) electrons. The average Bonchev–Trinajstić information content (AvgIpc) is 2.79. The molecule has 0 bridgehead atoms. The van der Waals surface area contributed by atoms with Gasteiger partial charge < -0.3 is 10.2 Å². The van der Waals surface area contributed by atoms with E-state index in [1.807, 2.05) is 42.5 Å². The number of piperazine rings is 1. The summed E-state index contributed by atoms with van der Waals surface area (Å²) in [6.45, 7) is 3.49. The number of hydrogen-bond acceptors (Lipinski definition) is 4. The van der Waals surface area contributed by atoms with E-state index in [-0.39, 0.29) is 5.91 Å². The molecular weight excluding hydrogens is 348 g/mol. The molecule has 1 atom stereocenters. The third kappa shape index (κ3) is 3.38. The smallest absolute Gasteiger partial charge is 0.264 e. The summed E-state index contributed by atoms with van der Waals surface area (Å²) < 4.78 is 0. The number of amides is 1. The minimum Gasteiger partial charge on any atom is -0.322 e. The number of fused-ring (bicyclic) bond motifs is 1. The Morgan fingerprint density at radius 1 is 1.08 bits per heavy atom. The lowest BCUT2D eigenvalue weighted by Crippen LogP contribution is -2.52. The predicted octanol–water partition coefficient (Wildman–Crippen LogP) is 2.70. The summed E-state index contributed by atoms with van der Waals surface area (Å²) in [6, 6.07) is 15.5. The minimum atomic E-state index is -0.537. The van der Waals surface area contributed by atoms with Gasteiger partial charge in [0.05, 0.1) is 11.4 Å². The van der Waals surface area contributed by atoms with Crippen LogP contribution in [0.15, 0.2) is 53.5 Å². The van der Waals surface area contributed by atoms with Crippen LogP contribution >= 0.6 is 11.6 Å². The van der Waals surface area contributed by atoms with Crippen LogP contribution in [-0.2, 0) is 4.79 Å². The second-order valence-electron chi connectivity index (χ2n) is 6.74. The van der Waals surface area contributed by atoms with Crippen molar-refractivity contribution in [3.8, 4) is 0 Å². The van der Waals surface area contributed by atoms with Gasteiger partial charge in [0.2, 0.25) is 0 Å². The van der Waals surface area contributed by atoms with Crippen molar-refractivity contribution >= 4 is 28.9 Å². The maximum atomic E-state index is 12.9. The lowest BCUT2D eigenvalue weighted by atomic mass is 10.0. The van der Waals surface area contributed by atoms with Gasteiger partial charge in [-0.25, -0.2) is 0 Å². The monoisotopic (exact) mass is 368 g/mol. The Morgan fingerprint density at radius 2 is 1.81 bits per heavy atom. The molecule has 1 amide bonds. The summed E-state index contributed by atoms with van der Waals surface area (Å²) in [5.74, 6) is -0.0935. The van der Waals surface area contributed by atoms with Gasteiger partial charge >= 0.3 is 0 Å². The fourth-order valence-corrected chi connectivity index (χ4v) is 3.58. The molecule has 134 valence electrons. The maximum absolute atomic E-state index is 12.9. The molecule has 1 saturated heterocycles. The first-order valence-corrected chi connectivity index (χ1v) is 9.16. The number of likely N-dealkylation sites (N-methyl/N-ethyl adjacent to an activating group) is 1. The highest BCUT2D eigenvalue weighted by Crippen LogP contribution is 2.28. The van der Waals surface area contributed by atoms with Crippen molar-refractivity contribution in [2.24, 2.45) is 4.99 Å². The van der Waals surface area contributed by atoms with Gasteiger partial charge in [-0.1, -0.05) is 41.9 Å². The molecule has 6 heteroatoms. The van der Waals surface area contributed by atoms with Crippen molar-refractivity contribution < 1.29 is 4.79 Å². The summed E-state index contributed by atoms with van der Waals surface area (Å²) in [5, 5.41) is 3.67. The van der Waals surface area contributed by atoms with E-state index in [1.165, 1.54) is 0 Å². The van der Waals surface area contributed by atoms with Crippen molar-refractivity contribution in [1.82, 2.24) is 9.80 Å². The summed E-state index contributed by atoms with van der Waals surface area (Å²) in [6.07, 6.45) is -0.537. The van der Waals surface area contributed by atoms with Crippen molar-refractivity contribution in [2.45, 2.75) is 6.17 Å². The van der Waals surface area contributed by atoms with E-state index >= 15 is 0 Å². The van der Waals surface area contributed by atoms with Gasteiger partial charge in [0.25, 0.3) is 5.91 Å². The fourth-order valence-electron chi connectivity index (χ4n) is 3.41. The molecule has 4 rings (SSSR count). The van der Waals surface area contributed by atoms with Crippen LogP contribution in [0.5, 0.6) is 0 Å². The third-order valence-electron chi connectivity index (χ3n) is 4.91. The first kappa shape index (κ1) is 17.2. The minimum absolute atomic E-state index is 0.0935. The summed E-state index contributed by atoms with van der Waals surface area (Å²) in [7, 11) is 2.10. The number of nitrogens with zero attached hydrogens (tertiary/aromatic N) is 3. The second kappa shape index (κ2) is 7.19. The number of aliphatic imine (C=N–C) groups is 1.